The van der Waals surface area contributed by atoms with Gasteiger partial charge in [-0.1, -0.05) is 91.4 Å². The van der Waals surface area contributed by atoms with Crippen LogP contribution in [0.15, 0.2) is 89.2 Å². The van der Waals surface area contributed by atoms with Crippen molar-refractivity contribution in [3.63, 3.8) is 0 Å². The van der Waals surface area contributed by atoms with E-state index in [0.29, 0.717) is 5.54 Å². The average molecular weight is 288 g/mol. The molecule has 0 bridgehead atoms. The lowest BCUT2D eigenvalue weighted by molar-refractivity contribution is 1.03. The summed E-state index contributed by atoms with van der Waals surface area (Å²) >= 11 is 0. The molecule has 0 amide bonds. The Balaban J connectivity index is 1.96. The molecular formula is C20H20Si. The lowest BCUT2D eigenvalue weighted by Crippen LogP contribution is -2.51. The van der Waals surface area contributed by atoms with Crippen molar-refractivity contribution in [2.75, 3.05) is 0 Å². The molecule has 1 aromatic carbocycles. The largest absolute Gasteiger partial charge is 0.129 e. The quantitative estimate of drug-likeness (QED) is 0.713. The van der Waals surface area contributed by atoms with Crippen molar-refractivity contribution >= 4 is 13.3 Å². The first-order valence-corrected chi connectivity index (χ1v) is 10.2. The molecule has 1 aromatic rings. The van der Waals surface area contributed by atoms with E-state index in [1.165, 1.54) is 18.0 Å². The summed E-state index contributed by atoms with van der Waals surface area (Å²) in [7, 11) is -1.71. The van der Waals surface area contributed by atoms with E-state index in [2.05, 4.69) is 79.8 Å². The maximum atomic E-state index is 2.46. The highest BCUT2D eigenvalue weighted by Gasteiger charge is 2.52. The summed E-state index contributed by atoms with van der Waals surface area (Å²) in [6.45, 7) is 2.33. The van der Waals surface area contributed by atoms with Crippen molar-refractivity contribution in [3.8, 4) is 0 Å². The van der Waals surface area contributed by atoms with Crippen LogP contribution in [-0.4, -0.2) is 8.07 Å². The van der Waals surface area contributed by atoms with Gasteiger partial charge < -0.3 is 0 Å². The normalized spacial score (nSPS) is 28.8. The highest BCUT2D eigenvalue weighted by molar-refractivity contribution is 7.01. The van der Waals surface area contributed by atoms with Crippen LogP contribution in [0, 0.1) is 0 Å². The van der Waals surface area contributed by atoms with E-state index >= 15 is 0 Å². The summed E-state index contributed by atoms with van der Waals surface area (Å²) in [6.07, 6.45) is 17.5. The van der Waals surface area contributed by atoms with Gasteiger partial charge in [0.15, 0.2) is 0 Å². The molecule has 104 valence electrons. The maximum absolute atomic E-state index is 2.46. The molecule has 0 saturated heterocycles. The van der Waals surface area contributed by atoms with Gasteiger partial charge in [0.25, 0.3) is 0 Å². The fraction of sp³-hybridized carbons (Fsp3) is 0.200. The van der Waals surface area contributed by atoms with Crippen LogP contribution in [0.4, 0.5) is 0 Å². The van der Waals surface area contributed by atoms with E-state index in [4.69, 9.17) is 0 Å². The van der Waals surface area contributed by atoms with Crippen LogP contribution < -0.4 is 5.19 Å². The van der Waals surface area contributed by atoms with Gasteiger partial charge in [-0.3, -0.25) is 0 Å². The van der Waals surface area contributed by atoms with Crippen LogP contribution >= 0.6 is 0 Å². The second kappa shape index (κ2) is 4.85. The van der Waals surface area contributed by atoms with Gasteiger partial charge in [0.1, 0.15) is 8.07 Å². The van der Waals surface area contributed by atoms with E-state index < -0.39 is 8.07 Å². The van der Waals surface area contributed by atoms with Crippen LogP contribution in [0.2, 0.25) is 11.6 Å². The second-order valence-electron chi connectivity index (χ2n) is 6.12. The molecule has 1 heteroatoms. The Bertz CT molecular complexity index is 715. The zero-order chi connectivity index (χ0) is 14.3. The topological polar surface area (TPSA) is 0 Å². The van der Waals surface area contributed by atoms with Crippen molar-refractivity contribution in [1.29, 1.82) is 0 Å². The number of hydrogen-bond acceptors (Lipinski definition) is 0. The summed E-state index contributed by atoms with van der Waals surface area (Å²) in [6, 6.07) is 12.6. The zero-order valence-electron chi connectivity index (χ0n) is 12.4. The smallest absolute Gasteiger partial charge is 0.0790 e. The SMILES string of the molecule is CCC[Si@@]1(c2ccccc2)C2=CC=CC2=C2C=CC=CC21. The van der Waals surface area contributed by atoms with Crippen LogP contribution in [0.1, 0.15) is 13.3 Å². The van der Waals surface area contributed by atoms with Crippen molar-refractivity contribution in [2.24, 2.45) is 0 Å². The van der Waals surface area contributed by atoms with E-state index in [1.807, 2.05) is 0 Å². The molecule has 0 radical (unpaired) electrons. The average Bonchev–Trinajstić information content (AvgIpc) is 3.11. The summed E-state index contributed by atoms with van der Waals surface area (Å²) < 4.78 is 0. The molecule has 0 saturated carbocycles. The standard InChI is InChI=1S/C20H20Si/c1-2-15-21(16-9-4-3-5-10-16)19-13-7-6-11-17(19)18-12-8-14-20(18)21/h3-14,19H,2,15H2,1H3/t19?,21-/m0/s1. The molecule has 0 nitrogen and oxygen atoms in total. The Morgan fingerprint density at radius 1 is 1.00 bits per heavy atom. The van der Waals surface area contributed by atoms with Gasteiger partial charge in [-0.25, -0.2) is 0 Å². The lowest BCUT2D eigenvalue weighted by Gasteiger charge is -2.35. The number of fused-ring (bicyclic) bond motifs is 2. The highest BCUT2D eigenvalue weighted by atomic mass is 28.3. The van der Waals surface area contributed by atoms with Gasteiger partial charge in [-0.2, -0.15) is 0 Å². The third-order valence-corrected chi connectivity index (χ3v) is 10.7. The first kappa shape index (κ1) is 12.8. The molecule has 0 spiro atoms. The number of hydrogen-bond donors (Lipinski definition) is 0. The molecule has 0 fully saturated rings. The van der Waals surface area contributed by atoms with Crippen LogP contribution in [-0.2, 0) is 0 Å². The van der Waals surface area contributed by atoms with Crippen molar-refractivity contribution in [3.05, 3.63) is 89.2 Å². The predicted octanol–water partition coefficient (Wildman–Crippen LogP) is 4.59. The zero-order valence-corrected chi connectivity index (χ0v) is 13.4. The number of rotatable bonds is 3. The number of benzene rings is 1. The van der Waals surface area contributed by atoms with Gasteiger partial charge in [0.2, 0.25) is 0 Å². The minimum Gasteiger partial charge on any atom is -0.0790 e. The third-order valence-electron chi connectivity index (χ3n) is 5.10. The van der Waals surface area contributed by atoms with Crippen molar-refractivity contribution < 1.29 is 0 Å². The minimum absolute atomic E-state index is 0.621. The molecule has 21 heavy (non-hydrogen) atoms. The van der Waals surface area contributed by atoms with Gasteiger partial charge in [-0.15, -0.1) is 0 Å². The Morgan fingerprint density at radius 2 is 1.86 bits per heavy atom. The third kappa shape index (κ3) is 1.67. The molecule has 0 N–H and O–H groups in total. The molecule has 0 aromatic heterocycles. The number of allylic oxidation sites excluding steroid dienone is 10. The summed E-state index contributed by atoms with van der Waals surface area (Å²) in [5.74, 6) is 0. The molecule has 2 aliphatic carbocycles. The van der Waals surface area contributed by atoms with Crippen LogP contribution in [0.3, 0.4) is 0 Å². The van der Waals surface area contributed by atoms with Gasteiger partial charge >= 0.3 is 0 Å². The fourth-order valence-electron chi connectivity index (χ4n) is 4.36. The first-order valence-electron chi connectivity index (χ1n) is 7.91. The molecule has 2 atom stereocenters. The minimum atomic E-state index is -1.71. The highest BCUT2D eigenvalue weighted by Crippen LogP contribution is 2.53. The Morgan fingerprint density at radius 3 is 2.67 bits per heavy atom. The second-order valence-corrected chi connectivity index (χ2v) is 10.3. The molecule has 3 aliphatic rings. The lowest BCUT2D eigenvalue weighted by atomic mass is 10.0. The van der Waals surface area contributed by atoms with E-state index in [1.54, 1.807) is 16.0 Å². The van der Waals surface area contributed by atoms with Gasteiger partial charge in [0, 0.05) is 5.54 Å². The van der Waals surface area contributed by atoms with Crippen molar-refractivity contribution in [2.45, 2.75) is 24.9 Å². The first-order chi connectivity index (χ1) is 10.4. The van der Waals surface area contributed by atoms with E-state index in [0.717, 1.165) is 0 Å². The summed E-state index contributed by atoms with van der Waals surface area (Å²) in [5.41, 5.74) is 3.70. The molecule has 4 rings (SSSR count). The molecule has 1 aliphatic heterocycles. The Labute approximate surface area is 127 Å². The Kier molecular flexibility index (Phi) is 2.97. The maximum Gasteiger partial charge on any atom is 0.129 e. The predicted molar refractivity (Wildman–Crippen MR) is 93.2 cm³/mol. The monoisotopic (exact) mass is 288 g/mol. The van der Waals surface area contributed by atoms with E-state index in [9.17, 15) is 0 Å². The molecule has 1 heterocycles. The van der Waals surface area contributed by atoms with E-state index in [-0.39, 0.29) is 0 Å². The van der Waals surface area contributed by atoms with Crippen LogP contribution in [0.5, 0.6) is 0 Å². The van der Waals surface area contributed by atoms with Gasteiger partial charge in [-0.05, 0) is 22.4 Å². The summed E-state index contributed by atoms with van der Waals surface area (Å²) in [4.78, 5) is 0. The fourth-order valence-corrected chi connectivity index (χ4v) is 10.1. The molecular weight excluding hydrogens is 268 g/mol. The summed E-state index contributed by atoms with van der Waals surface area (Å²) in [5, 5.41) is 3.26. The Hall–Kier alpha value is -1.86. The van der Waals surface area contributed by atoms with Gasteiger partial charge in [0.05, 0.1) is 0 Å². The van der Waals surface area contributed by atoms with Crippen molar-refractivity contribution in [1.82, 2.24) is 0 Å². The molecule has 1 unspecified atom stereocenters. The van der Waals surface area contributed by atoms with Crippen LogP contribution in [0.25, 0.3) is 0 Å².